The minimum absolute atomic E-state index is 0.0859. The number of carbonyl (C=O) groups is 1. The van der Waals surface area contributed by atoms with Gasteiger partial charge in [-0.15, -0.1) is 0 Å². The highest BCUT2D eigenvalue weighted by atomic mass is 32.2. The van der Waals surface area contributed by atoms with E-state index in [1.807, 2.05) is 77.9 Å². The Hall–Kier alpha value is -4.09. The normalized spacial score (nSPS) is 17.9. The number of anilines is 3. The van der Waals surface area contributed by atoms with Crippen molar-refractivity contribution in [2.45, 2.75) is 64.1 Å². The monoisotopic (exact) mass is 793 g/mol. The zero-order valence-corrected chi connectivity index (χ0v) is 34.3. The number of nitrogens with zero attached hydrogens (tertiary/aromatic N) is 5. The molecule has 4 aromatic rings. The molecule has 2 aliphatic heterocycles. The molecule has 1 amide bonds. The number of fused-ring (bicyclic) bond motifs is 1. The molecule has 6 rings (SSSR count). The van der Waals surface area contributed by atoms with Crippen LogP contribution in [0.5, 0.6) is 0 Å². The molecule has 54 heavy (non-hydrogen) atoms. The molecule has 1 atom stereocenters. The van der Waals surface area contributed by atoms with E-state index >= 15 is 0 Å². The zero-order chi connectivity index (χ0) is 38.9. The third kappa shape index (κ3) is 9.22. The molecule has 2 aliphatic rings. The standard InChI is InChI=1S/C38H51N7O6S2Si/c1-7-53(49,50)42-31-15-16-44(25-31)32-10-8-9-29(23-32)38(2,3)37(46)41-30-13-11-28(12-14-30)34-24-33-35(43-17-20-52(47,48)21-18-43)39-26-40-36(33)45(34)27-51-19-22-54(4,5)6/h7-14,23-24,26,31,42H,1,15-22,25,27H2,2-6H3,(H,41,46)/t31-/m0/s1. The van der Waals surface area contributed by atoms with Gasteiger partial charge in [-0.2, -0.15) is 0 Å². The van der Waals surface area contributed by atoms with Gasteiger partial charge in [-0.05, 0) is 67.8 Å². The minimum Gasteiger partial charge on any atom is -0.370 e. The highest BCUT2D eigenvalue weighted by Gasteiger charge is 2.32. The van der Waals surface area contributed by atoms with E-state index < -0.39 is 33.3 Å². The first-order chi connectivity index (χ1) is 25.4. The van der Waals surface area contributed by atoms with E-state index in [2.05, 4.69) is 51.1 Å². The summed E-state index contributed by atoms with van der Waals surface area (Å²) in [6.45, 7) is 17.0. The number of rotatable bonds is 14. The molecule has 2 aromatic heterocycles. The lowest BCUT2D eigenvalue weighted by molar-refractivity contribution is -0.120. The second kappa shape index (κ2) is 15.6. The van der Waals surface area contributed by atoms with Crippen molar-refractivity contribution in [3.63, 3.8) is 0 Å². The molecule has 0 radical (unpaired) electrons. The van der Waals surface area contributed by atoms with Crippen LogP contribution in [0.2, 0.25) is 25.7 Å². The highest BCUT2D eigenvalue weighted by Crippen LogP contribution is 2.34. The number of sulfone groups is 1. The third-order valence-corrected chi connectivity index (χ3v) is 14.6. The van der Waals surface area contributed by atoms with Gasteiger partial charge < -0.3 is 24.4 Å². The van der Waals surface area contributed by atoms with Crippen LogP contribution in [0, 0.1) is 0 Å². The van der Waals surface area contributed by atoms with Gasteiger partial charge in [0, 0.05) is 63.7 Å². The van der Waals surface area contributed by atoms with Crippen LogP contribution in [0.15, 0.2) is 72.9 Å². The molecule has 2 aromatic carbocycles. The Morgan fingerprint density at radius 2 is 1.76 bits per heavy atom. The maximum Gasteiger partial charge on any atom is 0.234 e. The van der Waals surface area contributed by atoms with Crippen LogP contribution in [-0.4, -0.2) is 95.7 Å². The summed E-state index contributed by atoms with van der Waals surface area (Å²) in [6, 6.07) is 18.4. The van der Waals surface area contributed by atoms with Crippen molar-refractivity contribution >= 4 is 62.1 Å². The van der Waals surface area contributed by atoms with Crippen molar-refractivity contribution in [1.29, 1.82) is 0 Å². The topological polar surface area (TPSA) is 156 Å². The molecule has 0 spiro atoms. The van der Waals surface area contributed by atoms with Crippen LogP contribution in [0.1, 0.15) is 25.8 Å². The van der Waals surface area contributed by atoms with Gasteiger partial charge in [0.15, 0.2) is 9.84 Å². The Morgan fingerprint density at radius 3 is 2.44 bits per heavy atom. The Morgan fingerprint density at radius 1 is 1.04 bits per heavy atom. The van der Waals surface area contributed by atoms with Gasteiger partial charge >= 0.3 is 0 Å². The lowest BCUT2D eigenvalue weighted by Crippen LogP contribution is -2.40. The van der Waals surface area contributed by atoms with E-state index in [1.54, 1.807) is 0 Å². The predicted molar refractivity (Wildman–Crippen MR) is 219 cm³/mol. The Kier molecular flexibility index (Phi) is 11.4. The van der Waals surface area contributed by atoms with Crippen LogP contribution in [0.25, 0.3) is 22.3 Å². The molecule has 2 fully saturated rings. The summed E-state index contributed by atoms with van der Waals surface area (Å²) in [5, 5.41) is 4.85. The minimum atomic E-state index is -3.52. The van der Waals surface area contributed by atoms with Gasteiger partial charge in [-0.3, -0.25) is 4.79 Å². The van der Waals surface area contributed by atoms with Gasteiger partial charge in [-0.1, -0.05) is 50.5 Å². The molecular formula is C38H51N7O6S2Si. The molecule has 4 heterocycles. The average molecular weight is 794 g/mol. The van der Waals surface area contributed by atoms with Gasteiger partial charge in [0.1, 0.15) is 24.5 Å². The van der Waals surface area contributed by atoms with E-state index in [-0.39, 0.29) is 23.5 Å². The third-order valence-electron chi connectivity index (χ3n) is 10.2. The summed E-state index contributed by atoms with van der Waals surface area (Å²) in [7, 11) is -7.89. The predicted octanol–water partition coefficient (Wildman–Crippen LogP) is 5.20. The quantitative estimate of drug-likeness (QED) is 0.129. The number of hydrogen-bond acceptors (Lipinski definition) is 10. The van der Waals surface area contributed by atoms with Crippen LogP contribution >= 0.6 is 0 Å². The van der Waals surface area contributed by atoms with Crippen molar-refractivity contribution in [1.82, 2.24) is 19.3 Å². The van der Waals surface area contributed by atoms with Crippen molar-refractivity contribution in [3.8, 4) is 11.3 Å². The highest BCUT2D eigenvalue weighted by molar-refractivity contribution is 7.92. The molecule has 0 aliphatic carbocycles. The van der Waals surface area contributed by atoms with E-state index in [9.17, 15) is 21.6 Å². The molecule has 290 valence electrons. The first-order valence-electron chi connectivity index (χ1n) is 18.2. The largest absolute Gasteiger partial charge is 0.370 e. The van der Waals surface area contributed by atoms with Crippen LogP contribution in [0.3, 0.4) is 0 Å². The molecule has 0 bridgehead atoms. The number of ether oxygens (including phenoxy) is 1. The summed E-state index contributed by atoms with van der Waals surface area (Å²) in [6.07, 6.45) is 2.19. The molecule has 2 saturated heterocycles. The van der Waals surface area contributed by atoms with Crippen LogP contribution in [0.4, 0.5) is 17.2 Å². The fourth-order valence-corrected chi connectivity index (χ4v) is 9.45. The number of benzene rings is 2. The van der Waals surface area contributed by atoms with Crippen LogP contribution < -0.4 is 19.8 Å². The van der Waals surface area contributed by atoms with Crippen molar-refractivity contribution in [3.05, 3.63) is 78.5 Å². The van der Waals surface area contributed by atoms with Crippen molar-refractivity contribution in [2.75, 3.05) is 59.4 Å². The van der Waals surface area contributed by atoms with Gasteiger partial charge in [0.2, 0.25) is 15.9 Å². The van der Waals surface area contributed by atoms with E-state index in [1.165, 1.54) is 6.33 Å². The first kappa shape index (κ1) is 39.6. The number of sulfonamides is 1. The second-order valence-corrected chi connectivity index (χ2v) is 25.4. The van der Waals surface area contributed by atoms with Gasteiger partial charge in [0.05, 0.1) is 28.0 Å². The summed E-state index contributed by atoms with van der Waals surface area (Å²) in [5.41, 5.74) is 4.02. The SMILES string of the molecule is C=CS(=O)(=O)N[C@H]1CCN(c2cccc(C(C)(C)C(=O)Nc3ccc(-c4cc5c(N6CCS(=O)(=O)CC6)ncnc5n4COCC[Si](C)(C)C)cc3)c2)C1. The van der Waals surface area contributed by atoms with E-state index in [0.29, 0.717) is 63.1 Å². The molecule has 0 unspecified atom stereocenters. The maximum atomic E-state index is 13.8. The van der Waals surface area contributed by atoms with Crippen molar-refractivity contribution in [2.24, 2.45) is 0 Å². The Balaban J connectivity index is 1.20. The molecule has 16 heteroatoms. The molecule has 2 N–H and O–H groups in total. The Bertz CT molecular complexity index is 2220. The zero-order valence-electron chi connectivity index (χ0n) is 31.7. The first-order valence-corrected chi connectivity index (χ1v) is 25.3. The summed E-state index contributed by atoms with van der Waals surface area (Å²) in [5.74, 6) is 0.707. The number of carbonyl (C=O) groups excluding carboxylic acids is 1. The maximum absolute atomic E-state index is 13.8. The molecule has 13 nitrogen and oxygen atoms in total. The van der Waals surface area contributed by atoms with Crippen LogP contribution in [-0.2, 0) is 41.5 Å². The van der Waals surface area contributed by atoms with E-state index in [0.717, 1.165) is 39.3 Å². The summed E-state index contributed by atoms with van der Waals surface area (Å²) < 4.78 is 59.2. The van der Waals surface area contributed by atoms with Gasteiger partial charge in [-0.25, -0.2) is 31.5 Å². The number of aromatic nitrogens is 3. The lowest BCUT2D eigenvalue weighted by atomic mass is 9.83. The smallest absolute Gasteiger partial charge is 0.234 e. The van der Waals surface area contributed by atoms with Crippen molar-refractivity contribution < 1.29 is 26.4 Å². The summed E-state index contributed by atoms with van der Waals surface area (Å²) >= 11 is 0. The number of nitrogens with one attached hydrogen (secondary N) is 2. The molecule has 0 saturated carbocycles. The number of amides is 1. The molecular weight excluding hydrogens is 743 g/mol. The average Bonchev–Trinajstić information content (AvgIpc) is 3.74. The Labute approximate surface area is 319 Å². The number of hydrogen-bond donors (Lipinski definition) is 2. The lowest BCUT2D eigenvalue weighted by Gasteiger charge is -2.28. The summed E-state index contributed by atoms with van der Waals surface area (Å²) in [4.78, 5) is 27.2. The second-order valence-electron chi connectivity index (χ2n) is 15.8. The van der Waals surface area contributed by atoms with Gasteiger partial charge in [0.25, 0.3) is 0 Å². The van der Waals surface area contributed by atoms with E-state index in [4.69, 9.17) is 4.74 Å². The fourth-order valence-electron chi connectivity index (χ4n) is 6.74. The fraction of sp³-hybridized carbons (Fsp3) is 0.447.